The highest BCUT2D eigenvalue weighted by Gasteiger charge is 2.35. The number of nitrogens with one attached hydrogen (secondary N) is 1. The molecule has 0 aromatic rings. The highest BCUT2D eigenvalue weighted by molar-refractivity contribution is 5.77. The lowest BCUT2D eigenvalue weighted by atomic mass is 9.79. The third-order valence-electron chi connectivity index (χ3n) is 5.43. The molecule has 2 rings (SSSR count). The highest BCUT2D eigenvalue weighted by atomic mass is 16.2. The lowest BCUT2D eigenvalue weighted by Crippen LogP contribution is -2.55. The van der Waals surface area contributed by atoms with Gasteiger partial charge in [-0.2, -0.15) is 0 Å². The molecule has 0 aromatic carbocycles. The fraction of sp³-hybridized carbons (Fsp3) is 0.938. The topological polar surface area (TPSA) is 35.6 Å². The first-order chi connectivity index (χ1) is 9.60. The predicted octanol–water partition coefficient (Wildman–Crippen LogP) is 1.85. The summed E-state index contributed by atoms with van der Waals surface area (Å²) >= 11 is 0. The third-order valence-corrected chi connectivity index (χ3v) is 5.43. The average molecular weight is 281 g/mol. The molecular weight excluding hydrogens is 250 g/mol. The van der Waals surface area contributed by atoms with Gasteiger partial charge >= 0.3 is 0 Å². The van der Waals surface area contributed by atoms with Crippen molar-refractivity contribution in [2.75, 3.05) is 33.7 Å². The van der Waals surface area contributed by atoms with Crippen molar-refractivity contribution < 1.29 is 4.79 Å². The summed E-state index contributed by atoms with van der Waals surface area (Å²) in [7, 11) is 4.20. The molecule has 4 heteroatoms. The van der Waals surface area contributed by atoms with E-state index in [1.54, 1.807) is 0 Å². The van der Waals surface area contributed by atoms with Crippen molar-refractivity contribution in [3.05, 3.63) is 0 Å². The minimum atomic E-state index is 0.0698. The standard InChI is InChI=1S/C16H31N3O/c1-4-14-13-19(11-10-18(14)3)15(20)12-16(17-2)8-6-5-7-9-16/h14,17H,4-13H2,1-3H3. The lowest BCUT2D eigenvalue weighted by molar-refractivity contribution is -0.136. The van der Waals surface area contributed by atoms with Crippen LogP contribution in [0.2, 0.25) is 0 Å². The van der Waals surface area contributed by atoms with Crippen LogP contribution in [0.25, 0.3) is 0 Å². The highest BCUT2D eigenvalue weighted by Crippen LogP contribution is 2.31. The van der Waals surface area contributed by atoms with E-state index >= 15 is 0 Å². The lowest BCUT2D eigenvalue weighted by Gasteiger charge is -2.42. The van der Waals surface area contributed by atoms with Gasteiger partial charge in [-0.15, -0.1) is 0 Å². The molecule has 1 atom stereocenters. The van der Waals surface area contributed by atoms with Crippen LogP contribution in [0, 0.1) is 0 Å². The van der Waals surface area contributed by atoms with E-state index in [1.165, 1.54) is 19.3 Å². The number of hydrogen-bond donors (Lipinski definition) is 1. The van der Waals surface area contributed by atoms with Crippen LogP contribution in [0.15, 0.2) is 0 Å². The van der Waals surface area contributed by atoms with Crippen molar-refractivity contribution in [1.82, 2.24) is 15.1 Å². The van der Waals surface area contributed by atoms with Crippen LogP contribution in [0.1, 0.15) is 51.9 Å². The summed E-state index contributed by atoms with van der Waals surface area (Å²) in [6.07, 6.45) is 7.95. The molecule has 2 fully saturated rings. The molecule has 2 aliphatic rings. The summed E-state index contributed by atoms with van der Waals surface area (Å²) in [6, 6.07) is 0.532. The molecule has 0 aromatic heterocycles. The van der Waals surface area contributed by atoms with Gasteiger partial charge < -0.3 is 10.2 Å². The van der Waals surface area contributed by atoms with Crippen LogP contribution in [0.5, 0.6) is 0 Å². The van der Waals surface area contributed by atoms with E-state index in [-0.39, 0.29) is 5.54 Å². The van der Waals surface area contributed by atoms with E-state index in [1.807, 2.05) is 7.05 Å². The van der Waals surface area contributed by atoms with Crippen LogP contribution < -0.4 is 5.32 Å². The normalized spacial score (nSPS) is 27.6. The summed E-state index contributed by atoms with van der Waals surface area (Å²) in [5, 5.41) is 3.46. The Labute approximate surface area is 123 Å². The number of carbonyl (C=O) groups excluding carboxylic acids is 1. The van der Waals surface area contributed by atoms with Crippen molar-refractivity contribution in [2.24, 2.45) is 0 Å². The largest absolute Gasteiger partial charge is 0.340 e. The molecule has 0 spiro atoms. The molecule has 1 amide bonds. The average Bonchev–Trinajstić information content (AvgIpc) is 2.48. The molecule has 116 valence electrons. The number of piperazine rings is 1. The van der Waals surface area contributed by atoms with Gasteiger partial charge in [-0.3, -0.25) is 9.69 Å². The summed E-state index contributed by atoms with van der Waals surface area (Å²) in [5.74, 6) is 0.354. The fourth-order valence-corrected chi connectivity index (χ4v) is 3.76. The molecule has 1 aliphatic carbocycles. The Balaban J connectivity index is 1.93. The monoisotopic (exact) mass is 281 g/mol. The van der Waals surface area contributed by atoms with Crippen LogP contribution in [0.4, 0.5) is 0 Å². The molecule has 1 N–H and O–H groups in total. The molecule has 0 bridgehead atoms. The summed E-state index contributed by atoms with van der Waals surface area (Å²) in [5.41, 5.74) is 0.0698. The van der Waals surface area contributed by atoms with E-state index in [4.69, 9.17) is 0 Å². The Hall–Kier alpha value is -0.610. The summed E-state index contributed by atoms with van der Waals surface area (Å²) in [6.45, 7) is 5.03. The number of hydrogen-bond acceptors (Lipinski definition) is 3. The first-order valence-corrected chi connectivity index (χ1v) is 8.27. The molecule has 1 saturated carbocycles. The second-order valence-electron chi connectivity index (χ2n) is 6.65. The quantitative estimate of drug-likeness (QED) is 0.854. The second-order valence-corrected chi connectivity index (χ2v) is 6.65. The first kappa shape index (κ1) is 15.8. The predicted molar refractivity (Wildman–Crippen MR) is 82.8 cm³/mol. The van der Waals surface area contributed by atoms with E-state index in [0.29, 0.717) is 18.4 Å². The zero-order valence-electron chi connectivity index (χ0n) is 13.5. The van der Waals surface area contributed by atoms with E-state index < -0.39 is 0 Å². The van der Waals surface area contributed by atoms with Gasteiger partial charge in [0.1, 0.15) is 0 Å². The fourth-order valence-electron chi connectivity index (χ4n) is 3.76. The summed E-state index contributed by atoms with van der Waals surface area (Å²) in [4.78, 5) is 17.2. The van der Waals surface area contributed by atoms with Crippen LogP contribution in [-0.2, 0) is 4.79 Å². The van der Waals surface area contributed by atoms with Gasteiger partial charge in [0.25, 0.3) is 0 Å². The number of carbonyl (C=O) groups is 1. The number of likely N-dealkylation sites (N-methyl/N-ethyl adjacent to an activating group) is 1. The van der Waals surface area contributed by atoms with E-state index in [9.17, 15) is 4.79 Å². The van der Waals surface area contributed by atoms with Crippen molar-refractivity contribution in [2.45, 2.75) is 63.5 Å². The van der Waals surface area contributed by atoms with Crippen LogP contribution in [-0.4, -0.2) is 61.0 Å². The molecule has 1 unspecified atom stereocenters. The minimum Gasteiger partial charge on any atom is -0.340 e. The molecule has 1 saturated heterocycles. The molecule has 0 radical (unpaired) electrons. The molecular formula is C16H31N3O. The van der Waals surface area contributed by atoms with Crippen molar-refractivity contribution >= 4 is 5.91 Å². The minimum absolute atomic E-state index is 0.0698. The van der Waals surface area contributed by atoms with Crippen molar-refractivity contribution in [3.63, 3.8) is 0 Å². The SMILES string of the molecule is CCC1CN(C(=O)CC2(NC)CCCCC2)CCN1C. The van der Waals surface area contributed by atoms with Crippen molar-refractivity contribution in [1.29, 1.82) is 0 Å². The summed E-state index contributed by atoms with van der Waals surface area (Å²) < 4.78 is 0. The van der Waals surface area contributed by atoms with E-state index in [2.05, 4.69) is 29.1 Å². The van der Waals surface area contributed by atoms with Gasteiger partial charge in [-0.1, -0.05) is 26.2 Å². The maximum Gasteiger partial charge on any atom is 0.224 e. The number of nitrogens with zero attached hydrogens (tertiary/aromatic N) is 2. The van der Waals surface area contributed by atoms with Crippen molar-refractivity contribution in [3.8, 4) is 0 Å². The third kappa shape index (κ3) is 3.53. The maximum atomic E-state index is 12.7. The van der Waals surface area contributed by atoms with Gasteiger partial charge in [-0.25, -0.2) is 0 Å². The van der Waals surface area contributed by atoms with Gasteiger partial charge in [0.15, 0.2) is 0 Å². The Morgan fingerprint density at radius 1 is 1.25 bits per heavy atom. The Morgan fingerprint density at radius 2 is 1.95 bits per heavy atom. The van der Waals surface area contributed by atoms with Gasteiger partial charge in [0, 0.05) is 37.6 Å². The zero-order chi connectivity index (χ0) is 14.6. The van der Waals surface area contributed by atoms with Gasteiger partial charge in [0.05, 0.1) is 0 Å². The molecule has 1 aliphatic heterocycles. The second kappa shape index (κ2) is 6.90. The van der Waals surface area contributed by atoms with E-state index in [0.717, 1.165) is 38.9 Å². The molecule has 4 nitrogen and oxygen atoms in total. The van der Waals surface area contributed by atoms with Gasteiger partial charge in [0.2, 0.25) is 5.91 Å². The molecule has 1 heterocycles. The number of rotatable bonds is 4. The Morgan fingerprint density at radius 3 is 2.55 bits per heavy atom. The van der Waals surface area contributed by atoms with Crippen LogP contribution >= 0.6 is 0 Å². The maximum absolute atomic E-state index is 12.7. The number of amides is 1. The Bertz CT molecular complexity index is 326. The van der Waals surface area contributed by atoms with Crippen LogP contribution in [0.3, 0.4) is 0 Å². The van der Waals surface area contributed by atoms with Gasteiger partial charge in [-0.05, 0) is 33.4 Å². The zero-order valence-corrected chi connectivity index (χ0v) is 13.5. The Kier molecular flexibility index (Phi) is 5.44. The molecule has 20 heavy (non-hydrogen) atoms. The smallest absolute Gasteiger partial charge is 0.224 e. The first-order valence-electron chi connectivity index (χ1n) is 8.27.